The molecule has 9 nitrogen and oxygen atoms in total. The van der Waals surface area contributed by atoms with Gasteiger partial charge >= 0.3 is 6.09 Å². The van der Waals surface area contributed by atoms with E-state index in [1.54, 1.807) is 22.6 Å². The topological polar surface area (TPSA) is 108 Å². The highest BCUT2D eigenvalue weighted by atomic mass is 32.1. The fourth-order valence-electron chi connectivity index (χ4n) is 4.65. The van der Waals surface area contributed by atoms with Gasteiger partial charge in [0.2, 0.25) is 5.91 Å². The maximum absolute atomic E-state index is 12.6. The summed E-state index contributed by atoms with van der Waals surface area (Å²) in [6.45, 7) is 10.6. The van der Waals surface area contributed by atoms with Crippen molar-refractivity contribution in [3.63, 3.8) is 0 Å². The fourth-order valence-corrected chi connectivity index (χ4v) is 5.92. The van der Waals surface area contributed by atoms with Crippen molar-refractivity contribution in [1.82, 2.24) is 20.2 Å². The van der Waals surface area contributed by atoms with Gasteiger partial charge in [-0.25, -0.2) is 14.8 Å². The number of alkyl carbamates (subject to hydrolysis) is 1. The molecule has 0 radical (unpaired) electrons. The van der Waals surface area contributed by atoms with Crippen molar-refractivity contribution in [3.8, 4) is 0 Å². The van der Waals surface area contributed by atoms with Crippen molar-refractivity contribution >= 4 is 50.7 Å². The number of nitrogens with one attached hydrogen (secondary N) is 3. The minimum absolute atomic E-state index is 0.0137. The number of hydrogen-bond acceptors (Lipinski definition) is 8. The summed E-state index contributed by atoms with van der Waals surface area (Å²) in [4.78, 5) is 37.6. The standard InChI is InChI=1S/C28H38N6O3S/c1-16-12-20(29-10-11-30-27(36)37-28(3,4)5)21(13-17(16)2)33-24-23-19-9-8-18(26(35)34(6)7)14-22(19)38-25(23)32-15-31-24/h12-13,15,18,29H,8-11,14H2,1-7H3,(H,30,36)(H,31,32,33). The summed E-state index contributed by atoms with van der Waals surface area (Å²) in [5.74, 6) is 0.965. The van der Waals surface area contributed by atoms with Gasteiger partial charge in [-0.1, -0.05) is 0 Å². The van der Waals surface area contributed by atoms with Crippen molar-refractivity contribution in [2.45, 2.75) is 59.5 Å². The number of nitrogens with zero attached hydrogens (tertiary/aromatic N) is 3. The minimum atomic E-state index is -0.533. The predicted octanol–water partition coefficient (Wildman–Crippen LogP) is 5.18. The highest BCUT2D eigenvalue weighted by molar-refractivity contribution is 7.19. The maximum Gasteiger partial charge on any atom is 0.407 e. The Labute approximate surface area is 228 Å². The first-order valence-corrected chi connectivity index (χ1v) is 13.8. The molecule has 204 valence electrons. The highest BCUT2D eigenvalue weighted by Crippen LogP contribution is 2.41. The van der Waals surface area contributed by atoms with Crippen LogP contribution in [0.2, 0.25) is 0 Å². The molecule has 1 unspecified atom stereocenters. The summed E-state index contributed by atoms with van der Waals surface area (Å²) >= 11 is 1.66. The van der Waals surface area contributed by atoms with Crippen molar-refractivity contribution < 1.29 is 14.3 Å². The normalized spacial score (nSPS) is 15.1. The molecule has 10 heteroatoms. The Kier molecular flexibility index (Phi) is 8.10. The molecule has 1 atom stereocenters. The van der Waals surface area contributed by atoms with E-state index < -0.39 is 11.7 Å². The van der Waals surface area contributed by atoms with Crippen LogP contribution in [0.4, 0.5) is 22.0 Å². The lowest BCUT2D eigenvalue weighted by atomic mass is 9.87. The molecular weight excluding hydrogens is 500 g/mol. The van der Waals surface area contributed by atoms with Gasteiger partial charge < -0.3 is 25.6 Å². The molecule has 38 heavy (non-hydrogen) atoms. The second-order valence-corrected chi connectivity index (χ2v) is 12.1. The second-order valence-electron chi connectivity index (χ2n) is 11.0. The van der Waals surface area contributed by atoms with Crippen molar-refractivity contribution in [2.24, 2.45) is 5.92 Å². The predicted molar refractivity (Wildman–Crippen MR) is 154 cm³/mol. The lowest BCUT2D eigenvalue weighted by molar-refractivity contribution is -0.133. The van der Waals surface area contributed by atoms with Gasteiger partial charge in [-0.05, 0) is 82.7 Å². The van der Waals surface area contributed by atoms with Crippen LogP contribution >= 0.6 is 11.3 Å². The second kappa shape index (κ2) is 11.1. The zero-order valence-corrected chi connectivity index (χ0v) is 24.1. The van der Waals surface area contributed by atoms with E-state index in [0.29, 0.717) is 13.1 Å². The number of rotatable bonds is 7. The first-order chi connectivity index (χ1) is 17.9. The van der Waals surface area contributed by atoms with Crippen LogP contribution in [0.15, 0.2) is 18.5 Å². The Bertz CT molecular complexity index is 1340. The number of benzene rings is 1. The number of amides is 2. The molecule has 2 amide bonds. The molecule has 0 spiro atoms. The van der Waals surface area contributed by atoms with E-state index in [1.807, 2.05) is 34.9 Å². The van der Waals surface area contributed by atoms with Crippen LogP contribution in [-0.4, -0.2) is 59.7 Å². The Morgan fingerprint density at radius 1 is 1.11 bits per heavy atom. The minimum Gasteiger partial charge on any atom is -0.444 e. The van der Waals surface area contributed by atoms with Gasteiger partial charge in [-0.2, -0.15) is 0 Å². The van der Waals surface area contributed by atoms with Crippen LogP contribution in [0, 0.1) is 19.8 Å². The smallest absolute Gasteiger partial charge is 0.407 e. The lowest BCUT2D eigenvalue weighted by Gasteiger charge is -2.24. The van der Waals surface area contributed by atoms with E-state index in [-0.39, 0.29) is 11.8 Å². The highest BCUT2D eigenvalue weighted by Gasteiger charge is 2.30. The number of thiophene rings is 1. The SMILES string of the molecule is Cc1cc(NCCNC(=O)OC(C)(C)C)c(Nc2ncnc3sc4c(c23)CCC(C(=O)N(C)C)C4)cc1C. The molecule has 0 bridgehead atoms. The number of aryl methyl sites for hydroxylation is 3. The maximum atomic E-state index is 12.6. The third-order valence-corrected chi connectivity index (χ3v) is 7.79. The molecule has 3 N–H and O–H groups in total. The summed E-state index contributed by atoms with van der Waals surface area (Å²) in [6.07, 6.45) is 3.56. The van der Waals surface area contributed by atoms with E-state index in [2.05, 4.69) is 51.9 Å². The first kappa shape index (κ1) is 27.6. The van der Waals surface area contributed by atoms with Crippen molar-refractivity contribution in [3.05, 3.63) is 40.0 Å². The summed E-state index contributed by atoms with van der Waals surface area (Å²) in [5.41, 5.74) is 4.86. The molecule has 1 aliphatic rings. The van der Waals surface area contributed by atoms with Gasteiger partial charge in [0, 0.05) is 38.0 Å². The molecule has 0 saturated carbocycles. The van der Waals surface area contributed by atoms with Crippen LogP contribution in [0.3, 0.4) is 0 Å². The number of hydrogen-bond donors (Lipinski definition) is 3. The van der Waals surface area contributed by atoms with Crippen molar-refractivity contribution in [1.29, 1.82) is 0 Å². The number of aromatic nitrogens is 2. The molecule has 2 aromatic heterocycles. The Morgan fingerprint density at radius 3 is 2.50 bits per heavy atom. The number of fused-ring (bicyclic) bond motifs is 3. The van der Waals surface area contributed by atoms with Crippen LogP contribution in [-0.2, 0) is 22.4 Å². The molecule has 0 fully saturated rings. The Hall–Kier alpha value is -3.40. The summed E-state index contributed by atoms with van der Waals surface area (Å²) in [5, 5.41) is 10.8. The number of carbonyl (C=O) groups excluding carboxylic acids is 2. The monoisotopic (exact) mass is 538 g/mol. The number of ether oxygens (including phenoxy) is 1. The van der Waals surface area contributed by atoms with Gasteiger partial charge in [-0.3, -0.25) is 4.79 Å². The van der Waals surface area contributed by atoms with Gasteiger partial charge in [0.15, 0.2) is 0 Å². The molecule has 0 saturated heterocycles. The van der Waals surface area contributed by atoms with Crippen molar-refractivity contribution in [2.75, 3.05) is 37.8 Å². The van der Waals surface area contributed by atoms with Gasteiger partial charge in [0.25, 0.3) is 0 Å². The summed E-state index contributed by atoms with van der Waals surface area (Å²) < 4.78 is 5.31. The van der Waals surface area contributed by atoms with Crippen LogP contribution < -0.4 is 16.0 Å². The Morgan fingerprint density at radius 2 is 1.82 bits per heavy atom. The van der Waals surface area contributed by atoms with E-state index in [0.717, 1.165) is 57.8 Å². The first-order valence-electron chi connectivity index (χ1n) is 13.0. The number of anilines is 3. The average Bonchev–Trinajstić information content (AvgIpc) is 3.21. The molecule has 1 aliphatic carbocycles. The summed E-state index contributed by atoms with van der Waals surface area (Å²) in [6, 6.07) is 4.21. The largest absolute Gasteiger partial charge is 0.444 e. The average molecular weight is 539 g/mol. The lowest BCUT2D eigenvalue weighted by Crippen LogP contribution is -2.35. The van der Waals surface area contributed by atoms with Gasteiger partial charge in [0.05, 0.1) is 16.8 Å². The van der Waals surface area contributed by atoms with E-state index in [1.165, 1.54) is 10.4 Å². The van der Waals surface area contributed by atoms with E-state index in [4.69, 9.17) is 4.74 Å². The molecule has 2 heterocycles. The summed E-state index contributed by atoms with van der Waals surface area (Å²) in [7, 11) is 3.64. The Balaban J connectivity index is 1.54. The van der Waals surface area contributed by atoms with Crippen LogP contribution in [0.5, 0.6) is 0 Å². The zero-order chi connectivity index (χ0) is 27.6. The van der Waals surface area contributed by atoms with Crippen LogP contribution in [0.25, 0.3) is 10.2 Å². The fraction of sp³-hybridized carbons (Fsp3) is 0.500. The van der Waals surface area contributed by atoms with Gasteiger partial charge in [0.1, 0.15) is 22.6 Å². The molecule has 3 aromatic rings. The molecule has 0 aliphatic heterocycles. The third kappa shape index (κ3) is 6.35. The van der Waals surface area contributed by atoms with E-state index in [9.17, 15) is 9.59 Å². The number of carbonyl (C=O) groups is 2. The third-order valence-electron chi connectivity index (χ3n) is 6.63. The zero-order valence-electron chi connectivity index (χ0n) is 23.3. The van der Waals surface area contributed by atoms with E-state index >= 15 is 0 Å². The van der Waals surface area contributed by atoms with Gasteiger partial charge in [-0.15, -0.1) is 11.3 Å². The molecular formula is C28H38N6O3S. The molecule has 4 rings (SSSR count). The molecule has 1 aromatic carbocycles. The quantitative estimate of drug-likeness (QED) is 0.356. The van der Waals surface area contributed by atoms with Crippen LogP contribution in [0.1, 0.15) is 48.8 Å².